The van der Waals surface area contributed by atoms with E-state index in [0.717, 1.165) is 24.9 Å². The zero-order valence-corrected chi connectivity index (χ0v) is 6.92. The van der Waals surface area contributed by atoms with Gasteiger partial charge in [-0.1, -0.05) is 0 Å². The van der Waals surface area contributed by atoms with Gasteiger partial charge in [0, 0.05) is 24.9 Å². The van der Waals surface area contributed by atoms with E-state index in [9.17, 15) is 4.79 Å². The van der Waals surface area contributed by atoms with Crippen LogP contribution < -0.4 is 0 Å². The predicted octanol–water partition coefficient (Wildman–Crippen LogP) is 1.43. The van der Waals surface area contributed by atoms with Crippen LogP contribution in [0.25, 0.3) is 0 Å². The van der Waals surface area contributed by atoms with Gasteiger partial charge in [0.25, 0.3) is 0 Å². The van der Waals surface area contributed by atoms with Crippen molar-refractivity contribution >= 4 is 6.29 Å². The average Bonchev–Trinajstić information content (AvgIpc) is 1.99. The first-order valence-corrected chi connectivity index (χ1v) is 3.62. The molecule has 2 heteroatoms. The zero-order valence-electron chi connectivity index (χ0n) is 6.92. The van der Waals surface area contributed by atoms with E-state index in [4.69, 9.17) is 0 Å². The van der Waals surface area contributed by atoms with E-state index in [1.807, 2.05) is 13.1 Å². The molecular weight excluding hydrogens is 126 g/mol. The fourth-order valence-corrected chi connectivity index (χ4v) is 0.725. The Bertz CT molecular complexity index is 125. The van der Waals surface area contributed by atoms with Crippen LogP contribution in [0.2, 0.25) is 0 Å². The normalized spacial score (nSPS) is 11.3. The molecule has 0 fully saturated rings. The predicted molar refractivity (Wildman–Crippen MR) is 42.7 cm³/mol. The van der Waals surface area contributed by atoms with Crippen LogP contribution in [0.5, 0.6) is 0 Å². The van der Waals surface area contributed by atoms with Gasteiger partial charge in [0.15, 0.2) is 0 Å². The Hall–Kier alpha value is -0.790. The molecule has 0 aliphatic carbocycles. The molecule has 0 aromatic carbocycles. The SMILES string of the molecule is CCN(/C=C(/C)C=O)CC. The van der Waals surface area contributed by atoms with Gasteiger partial charge in [0.05, 0.1) is 0 Å². The van der Waals surface area contributed by atoms with Crippen molar-refractivity contribution in [3.8, 4) is 0 Å². The Morgan fingerprint density at radius 1 is 1.40 bits per heavy atom. The standard InChI is InChI=1S/C8H15NO/c1-4-9(5-2)6-8(3)7-10/h6-7H,4-5H2,1-3H3/b8-6-. The van der Waals surface area contributed by atoms with Crippen LogP contribution in [0.1, 0.15) is 20.8 Å². The van der Waals surface area contributed by atoms with E-state index in [-0.39, 0.29) is 0 Å². The van der Waals surface area contributed by atoms with Gasteiger partial charge in [-0.2, -0.15) is 0 Å². The van der Waals surface area contributed by atoms with Gasteiger partial charge in [-0.05, 0) is 20.8 Å². The lowest BCUT2D eigenvalue weighted by atomic mass is 10.3. The van der Waals surface area contributed by atoms with E-state index >= 15 is 0 Å². The summed E-state index contributed by atoms with van der Waals surface area (Å²) >= 11 is 0. The Kier molecular flexibility index (Phi) is 4.63. The molecular formula is C8H15NO. The minimum atomic E-state index is 0.781. The van der Waals surface area contributed by atoms with Gasteiger partial charge in [0.2, 0.25) is 0 Å². The molecule has 0 aromatic heterocycles. The summed E-state index contributed by atoms with van der Waals surface area (Å²) in [7, 11) is 0. The first kappa shape index (κ1) is 9.21. The lowest BCUT2D eigenvalue weighted by Crippen LogP contribution is -2.16. The molecule has 2 nitrogen and oxygen atoms in total. The van der Waals surface area contributed by atoms with E-state index in [2.05, 4.69) is 18.7 Å². The van der Waals surface area contributed by atoms with Gasteiger partial charge in [0.1, 0.15) is 6.29 Å². The van der Waals surface area contributed by atoms with Crippen LogP contribution in [0.15, 0.2) is 11.8 Å². The summed E-state index contributed by atoms with van der Waals surface area (Å²) in [6.07, 6.45) is 2.76. The molecule has 0 bridgehead atoms. The highest BCUT2D eigenvalue weighted by molar-refractivity contribution is 5.71. The molecule has 0 unspecified atom stereocenters. The van der Waals surface area contributed by atoms with E-state index in [1.54, 1.807) is 0 Å². The number of carbonyl (C=O) groups excluding carboxylic acids is 1. The zero-order chi connectivity index (χ0) is 7.98. The quantitative estimate of drug-likeness (QED) is 0.436. The highest BCUT2D eigenvalue weighted by Crippen LogP contribution is 1.93. The molecule has 0 saturated heterocycles. The highest BCUT2D eigenvalue weighted by Gasteiger charge is 1.91. The average molecular weight is 141 g/mol. The Balaban J connectivity index is 3.92. The monoisotopic (exact) mass is 141 g/mol. The first-order chi connectivity index (χ1) is 4.74. The van der Waals surface area contributed by atoms with Gasteiger partial charge in [-0.25, -0.2) is 0 Å². The van der Waals surface area contributed by atoms with E-state index in [0.29, 0.717) is 0 Å². The maximum Gasteiger partial charge on any atom is 0.147 e. The topological polar surface area (TPSA) is 20.3 Å². The van der Waals surface area contributed by atoms with Crippen LogP contribution in [0.3, 0.4) is 0 Å². The van der Waals surface area contributed by atoms with Gasteiger partial charge < -0.3 is 4.90 Å². The summed E-state index contributed by atoms with van der Waals surface area (Å²) in [5.41, 5.74) is 0.781. The maximum absolute atomic E-state index is 10.2. The minimum Gasteiger partial charge on any atom is -0.378 e. The lowest BCUT2D eigenvalue weighted by molar-refractivity contribution is -0.104. The number of allylic oxidation sites excluding steroid dienone is 1. The Morgan fingerprint density at radius 3 is 2.20 bits per heavy atom. The smallest absolute Gasteiger partial charge is 0.147 e. The van der Waals surface area contributed by atoms with Gasteiger partial charge >= 0.3 is 0 Å². The van der Waals surface area contributed by atoms with Crippen LogP contribution in [-0.2, 0) is 4.79 Å². The Labute approximate surface area is 62.5 Å². The van der Waals surface area contributed by atoms with Crippen LogP contribution >= 0.6 is 0 Å². The molecule has 58 valence electrons. The van der Waals surface area contributed by atoms with E-state index < -0.39 is 0 Å². The van der Waals surface area contributed by atoms with E-state index in [1.165, 1.54) is 0 Å². The minimum absolute atomic E-state index is 0.781. The fraction of sp³-hybridized carbons (Fsp3) is 0.625. The molecule has 0 aliphatic rings. The number of carbonyl (C=O) groups is 1. The van der Waals surface area contributed by atoms with Crippen molar-refractivity contribution < 1.29 is 4.79 Å². The van der Waals surface area contributed by atoms with Gasteiger partial charge in [-0.3, -0.25) is 4.79 Å². The van der Waals surface area contributed by atoms with Crippen molar-refractivity contribution in [1.82, 2.24) is 4.90 Å². The van der Waals surface area contributed by atoms with Crippen molar-refractivity contribution in [1.29, 1.82) is 0 Å². The number of hydrogen-bond acceptors (Lipinski definition) is 2. The molecule has 0 rings (SSSR count). The lowest BCUT2D eigenvalue weighted by Gasteiger charge is -2.14. The van der Waals surface area contributed by atoms with Crippen molar-refractivity contribution in [2.45, 2.75) is 20.8 Å². The van der Waals surface area contributed by atoms with Crippen LogP contribution in [0, 0.1) is 0 Å². The molecule has 10 heavy (non-hydrogen) atoms. The third-order valence-corrected chi connectivity index (χ3v) is 1.38. The largest absolute Gasteiger partial charge is 0.378 e. The summed E-state index contributed by atoms with van der Waals surface area (Å²) in [6.45, 7) is 7.87. The summed E-state index contributed by atoms with van der Waals surface area (Å²) < 4.78 is 0. The van der Waals surface area contributed by atoms with Crippen molar-refractivity contribution in [3.05, 3.63) is 11.8 Å². The summed E-state index contributed by atoms with van der Waals surface area (Å²) in [5.74, 6) is 0. The summed E-state index contributed by atoms with van der Waals surface area (Å²) in [6, 6.07) is 0. The number of nitrogens with zero attached hydrogens (tertiary/aromatic N) is 1. The molecule has 0 radical (unpaired) electrons. The molecule has 0 N–H and O–H groups in total. The first-order valence-electron chi connectivity index (χ1n) is 3.62. The van der Waals surface area contributed by atoms with Crippen LogP contribution in [0.4, 0.5) is 0 Å². The number of rotatable bonds is 4. The van der Waals surface area contributed by atoms with Crippen LogP contribution in [-0.4, -0.2) is 24.3 Å². The van der Waals surface area contributed by atoms with Crippen molar-refractivity contribution in [2.75, 3.05) is 13.1 Å². The fourth-order valence-electron chi connectivity index (χ4n) is 0.725. The molecule has 0 aromatic rings. The second kappa shape index (κ2) is 5.03. The summed E-state index contributed by atoms with van der Waals surface area (Å²) in [5, 5.41) is 0. The highest BCUT2D eigenvalue weighted by atomic mass is 16.1. The van der Waals surface area contributed by atoms with Crippen molar-refractivity contribution in [3.63, 3.8) is 0 Å². The third kappa shape index (κ3) is 3.28. The third-order valence-electron chi connectivity index (χ3n) is 1.38. The molecule has 0 spiro atoms. The van der Waals surface area contributed by atoms with Gasteiger partial charge in [-0.15, -0.1) is 0 Å². The molecule has 0 atom stereocenters. The molecule has 0 saturated carbocycles. The second-order valence-electron chi connectivity index (χ2n) is 2.21. The van der Waals surface area contributed by atoms with Crippen molar-refractivity contribution in [2.24, 2.45) is 0 Å². The Morgan fingerprint density at radius 2 is 1.90 bits per heavy atom. The number of hydrogen-bond donors (Lipinski definition) is 0. The summed E-state index contributed by atoms with van der Waals surface area (Å²) in [4.78, 5) is 12.3. The molecule has 0 heterocycles. The molecule has 0 aliphatic heterocycles. The molecule has 0 amide bonds. The number of aldehydes is 1. The second-order valence-corrected chi connectivity index (χ2v) is 2.21. The maximum atomic E-state index is 10.2.